The summed E-state index contributed by atoms with van der Waals surface area (Å²) < 4.78 is 0. The fourth-order valence-electron chi connectivity index (χ4n) is 3.08. The summed E-state index contributed by atoms with van der Waals surface area (Å²) in [6, 6.07) is 8.49. The number of carboxylic acid groups (broad SMARTS) is 1. The molecule has 3 nitrogen and oxygen atoms in total. The molecule has 110 valence electrons. The van der Waals surface area contributed by atoms with E-state index in [-0.39, 0.29) is 6.42 Å². The maximum atomic E-state index is 10.6. The first-order valence-corrected chi connectivity index (χ1v) is 7.48. The van der Waals surface area contributed by atoms with E-state index in [9.17, 15) is 4.79 Å². The summed E-state index contributed by atoms with van der Waals surface area (Å²) in [6.45, 7) is 5.57. The van der Waals surface area contributed by atoms with E-state index in [0.717, 1.165) is 12.1 Å². The third kappa shape index (κ3) is 4.64. The van der Waals surface area contributed by atoms with E-state index >= 15 is 0 Å². The van der Waals surface area contributed by atoms with E-state index in [2.05, 4.69) is 19.2 Å². The maximum Gasteiger partial charge on any atom is 0.307 e. The van der Waals surface area contributed by atoms with Crippen LogP contribution in [0.3, 0.4) is 0 Å². The van der Waals surface area contributed by atoms with Crippen LogP contribution in [0.5, 0.6) is 0 Å². The predicted octanol–water partition coefficient (Wildman–Crippen LogP) is 3.37. The van der Waals surface area contributed by atoms with Crippen molar-refractivity contribution < 1.29 is 9.90 Å². The van der Waals surface area contributed by atoms with Gasteiger partial charge in [0.1, 0.15) is 0 Å². The zero-order valence-electron chi connectivity index (χ0n) is 12.5. The zero-order valence-corrected chi connectivity index (χ0v) is 12.5. The monoisotopic (exact) mass is 275 g/mol. The molecule has 2 N–H and O–H groups in total. The number of carbonyl (C=O) groups is 1. The van der Waals surface area contributed by atoms with Crippen molar-refractivity contribution in [3.63, 3.8) is 0 Å². The van der Waals surface area contributed by atoms with Gasteiger partial charge in [-0.3, -0.25) is 4.79 Å². The Kier molecular flexibility index (Phi) is 4.81. The molecule has 20 heavy (non-hydrogen) atoms. The van der Waals surface area contributed by atoms with Gasteiger partial charge in [0.2, 0.25) is 0 Å². The summed E-state index contributed by atoms with van der Waals surface area (Å²) in [6.07, 6.45) is 5.24. The highest BCUT2D eigenvalue weighted by Gasteiger charge is 2.27. The first-order chi connectivity index (χ1) is 9.44. The Hall–Kier alpha value is -1.35. The largest absolute Gasteiger partial charge is 0.481 e. The van der Waals surface area contributed by atoms with E-state index in [0.29, 0.717) is 11.5 Å². The molecule has 0 aromatic heterocycles. The minimum Gasteiger partial charge on any atom is -0.481 e. The Morgan fingerprint density at radius 2 is 1.95 bits per heavy atom. The van der Waals surface area contributed by atoms with Crippen LogP contribution in [-0.2, 0) is 17.8 Å². The van der Waals surface area contributed by atoms with Crippen LogP contribution in [0.2, 0.25) is 0 Å². The normalized spacial score (nSPS) is 21.6. The highest BCUT2D eigenvalue weighted by atomic mass is 16.4. The van der Waals surface area contributed by atoms with Crippen LogP contribution in [0.15, 0.2) is 24.3 Å². The molecular weight excluding hydrogens is 250 g/mol. The standard InChI is InChI=1S/C17H25NO2/c1-17(2)9-3-4-15(11-17)18-12-14-7-5-13(6-8-14)10-16(19)20/h5-8,15,18H,3-4,9-12H2,1-2H3,(H,19,20). The lowest BCUT2D eigenvalue weighted by Crippen LogP contribution is -2.36. The molecule has 1 aliphatic rings. The number of aliphatic carboxylic acids is 1. The first-order valence-electron chi connectivity index (χ1n) is 7.48. The first kappa shape index (κ1) is 15.0. The number of hydrogen-bond acceptors (Lipinski definition) is 2. The lowest BCUT2D eigenvalue weighted by molar-refractivity contribution is -0.136. The summed E-state index contributed by atoms with van der Waals surface area (Å²) in [4.78, 5) is 10.6. The van der Waals surface area contributed by atoms with E-state index in [4.69, 9.17) is 5.11 Å². The van der Waals surface area contributed by atoms with Gasteiger partial charge in [-0.15, -0.1) is 0 Å². The van der Waals surface area contributed by atoms with E-state index in [1.807, 2.05) is 24.3 Å². The third-order valence-corrected chi connectivity index (χ3v) is 4.18. The van der Waals surface area contributed by atoms with Crippen molar-refractivity contribution in [2.24, 2.45) is 5.41 Å². The molecule has 1 aliphatic carbocycles. The Balaban J connectivity index is 1.83. The van der Waals surface area contributed by atoms with Crippen molar-refractivity contribution in [2.45, 2.75) is 58.5 Å². The molecule has 2 rings (SSSR count). The van der Waals surface area contributed by atoms with Crippen LogP contribution in [-0.4, -0.2) is 17.1 Å². The fraction of sp³-hybridized carbons (Fsp3) is 0.588. The van der Waals surface area contributed by atoms with Gasteiger partial charge < -0.3 is 10.4 Å². The molecule has 3 heteroatoms. The molecule has 1 saturated carbocycles. The van der Waals surface area contributed by atoms with Gasteiger partial charge in [0.25, 0.3) is 0 Å². The number of rotatable bonds is 5. The van der Waals surface area contributed by atoms with Crippen molar-refractivity contribution in [1.29, 1.82) is 0 Å². The topological polar surface area (TPSA) is 49.3 Å². The Morgan fingerprint density at radius 1 is 1.30 bits per heavy atom. The van der Waals surface area contributed by atoms with Crippen molar-refractivity contribution >= 4 is 5.97 Å². The molecule has 1 atom stereocenters. The van der Waals surface area contributed by atoms with Gasteiger partial charge in [0.05, 0.1) is 6.42 Å². The van der Waals surface area contributed by atoms with Crippen LogP contribution in [0.1, 0.15) is 50.7 Å². The molecule has 1 fully saturated rings. The van der Waals surface area contributed by atoms with Crippen molar-refractivity contribution in [1.82, 2.24) is 5.32 Å². The Bertz CT molecular complexity index is 451. The Morgan fingerprint density at radius 3 is 2.55 bits per heavy atom. The summed E-state index contributed by atoms with van der Waals surface area (Å²) in [5.41, 5.74) is 2.55. The molecule has 0 amide bonds. The molecule has 1 unspecified atom stereocenters. The van der Waals surface area contributed by atoms with Crippen LogP contribution in [0, 0.1) is 5.41 Å². The predicted molar refractivity (Wildman–Crippen MR) is 80.7 cm³/mol. The maximum absolute atomic E-state index is 10.6. The average Bonchev–Trinajstić information content (AvgIpc) is 2.36. The number of hydrogen-bond donors (Lipinski definition) is 2. The van der Waals surface area contributed by atoms with Gasteiger partial charge in [-0.25, -0.2) is 0 Å². The van der Waals surface area contributed by atoms with E-state index < -0.39 is 5.97 Å². The number of benzene rings is 1. The molecule has 0 aliphatic heterocycles. The van der Waals surface area contributed by atoms with Gasteiger partial charge in [-0.1, -0.05) is 44.5 Å². The summed E-state index contributed by atoms with van der Waals surface area (Å²) >= 11 is 0. The highest BCUT2D eigenvalue weighted by molar-refractivity contribution is 5.70. The molecule has 1 aromatic rings. The second-order valence-corrected chi connectivity index (χ2v) is 6.73. The molecular formula is C17H25NO2. The van der Waals surface area contributed by atoms with Crippen molar-refractivity contribution in [3.05, 3.63) is 35.4 Å². The van der Waals surface area contributed by atoms with Crippen LogP contribution < -0.4 is 5.32 Å². The molecule has 1 aromatic carbocycles. The van der Waals surface area contributed by atoms with Gasteiger partial charge >= 0.3 is 5.97 Å². The minimum atomic E-state index is -0.777. The second kappa shape index (κ2) is 6.40. The van der Waals surface area contributed by atoms with Crippen molar-refractivity contribution in [2.75, 3.05) is 0 Å². The lowest BCUT2D eigenvalue weighted by atomic mass is 9.75. The smallest absolute Gasteiger partial charge is 0.307 e. The van der Waals surface area contributed by atoms with Crippen molar-refractivity contribution in [3.8, 4) is 0 Å². The van der Waals surface area contributed by atoms with Gasteiger partial charge in [0, 0.05) is 12.6 Å². The van der Waals surface area contributed by atoms with E-state index in [1.54, 1.807) is 0 Å². The third-order valence-electron chi connectivity index (χ3n) is 4.18. The number of carboxylic acids is 1. The minimum absolute atomic E-state index is 0.102. The van der Waals surface area contributed by atoms with Gasteiger partial charge in [-0.2, -0.15) is 0 Å². The molecule has 0 saturated heterocycles. The van der Waals surface area contributed by atoms with Gasteiger partial charge in [-0.05, 0) is 35.8 Å². The molecule has 0 radical (unpaired) electrons. The quantitative estimate of drug-likeness (QED) is 0.866. The molecule has 0 heterocycles. The fourth-order valence-corrected chi connectivity index (χ4v) is 3.08. The summed E-state index contributed by atoms with van der Waals surface area (Å²) in [7, 11) is 0. The van der Waals surface area contributed by atoms with Crippen LogP contribution >= 0.6 is 0 Å². The molecule has 0 spiro atoms. The van der Waals surface area contributed by atoms with Crippen LogP contribution in [0.4, 0.5) is 0 Å². The van der Waals surface area contributed by atoms with E-state index in [1.165, 1.54) is 31.2 Å². The average molecular weight is 275 g/mol. The number of nitrogens with one attached hydrogen (secondary N) is 1. The highest BCUT2D eigenvalue weighted by Crippen LogP contribution is 2.35. The zero-order chi connectivity index (χ0) is 14.6. The molecule has 0 bridgehead atoms. The summed E-state index contributed by atoms with van der Waals surface area (Å²) in [5, 5.41) is 12.4. The Labute approximate surface area is 121 Å². The summed E-state index contributed by atoms with van der Waals surface area (Å²) in [5.74, 6) is -0.777. The van der Waals surface area contributed by atoms with Gasteiger partial charge in [0.15, 0.2) is 0 Å². The SMILES string of the molecule is CC1(C)CCCC(NCc2ccc(CC(=O)O)cc2)C1. The lowest BCUT2D eigenvalue weighted by Gasteiger charge is -2.35. The van der Waals surface area contributed by atoms with Crippen LogP contribution in [0.25, 0.3) is 0 Å². The second-order valence-electron chi connectivity index (χ2n) is 6.73.